The van der Waals surface area contributed by atoms with Crippen molar-refractivity contribution in [2.75, 3.05) is 13.1 Å². The van der Waals surface area contributed by atoms with Crippen molar-refractivity contribution in [1.82, 2.24) is 10.3 Å². The molecule has 5 nitrogen and oxygen atoms in total. The Balaban J connectivity index is 2.60. The van der Waals surface area contributed by atoms with Crippen LogP contribution in [0.2, 0.25) is 0 Å². The van der Waals surface area contributed by atoms with E-state index in [1.54, 1.807) is 6.07 Å². The van der Waals surface area contributed by atoms with Crippen LogP contribution < -0.4 is 11.3 Å². The van der Waals surface area contributed by atoms with Gasteiger partial charge in [-0.15, -0.1) is 0 Å². The number of nitrogen functional groups attached to an aromatic ring is 1. The third kappa shape index (κ3) is 3.36. The molecule has 16 heavy (non-hydrogen) atoms. The number of nitrogens with two attached hydrogens (primary N) is 1. The highest BCUT2D eigenvalue weighted by Gasteiger charge is 2.11. The monoisotopic (exact) mass is 225 g/mol. The summed E-state index contributed by atoms with van der Waals surface area (Å²) in [5.74, 6) is 5.66. The van der Waals surface area contributed by atoms with Crippen molar-refractivity contribution in [2.45, 2.75) is 26.8 Å². The van der Waals surface area contributed by atoms with Gasteiger partial charge >= 0.3 is 5.91 Å². The van der Waals surface area contributed by atoms with Crippen molar-refractivity contribution in [3.8, 4) is 0 Å². The summed E-state index contributed by atoms with van der Waals surface area (Å²) in [6.07, 6.45) is 1.10. The number of hydrazine groups is 1. The van der Waals surface area contributed by atoms with Gasteiger partial charge < -0.3 is 4.42 Å². The Kier molecular flexibility index (Phi) is 5.01. The van der Waals surface area contributed by atoms with E-state index in [1.807, 2.05) is 11.5 Å². The molecule has 1 rings (SSSR count). The van der Waals surface area contributed by atoms with E-state index in [-0.39, 0.29) is 5.76 Å². The zero-order valence-corrected chi connectivity index (χ0v) is 9.82. The number of hydrogen-bond acceptors (Lipinski definition) is 4. The molecule has 0 saturated carbocycles. The number of nitrogens with zero attached hydrogens (tertiary/aromatic N) is 1. The van der Waals surface area contributed by atoms with Crippen molar-refractivity contribution in [1.29, 1.82) is 0 Å². The van der Waals surface area contributed by atoms with Gasteiger partial charge in [-0.25, -0.2) is 5.84 Å². The molecule has 0 saturated heterocycles. The fraction of sp³-hybridized carbons (Fsp3) is 0.545. The summed E-state index contributed by atoms with van der Waals surface area (Å²) in [6.45, 7) is 6.95. The van der Waals surface area contributed by atoms with Gasteiger partial charge in [0.1, 0.15) is 5.76 Å². The Labute approximate surface area is 95.6 Å². The summed E-state index contributed by atoms with van der Waals surface area (Å²) < 4.78 is 5.38. The second kappa shape index (κ2) is 6.30. The number of carbonyl (C=O) groups is 1. The largest absolute Gasteiger partial charge is 0.455 e. The van der Waals surface area contributed by atoms with E-state index < -0.39 is 5.91 Å². The summed E-state index contributed by atoms with van der Waals surface area (Å²) in [6, 6.07) is 3.44. The Morgan fingerprint density at radius 3 is 2.81 bits per heavy atom. The molecule has 90 valence electrons. The minimum Gasteiger partial charge on any atom is -0.455 e. The van der Waals surface area contributed by atoms with E-state index >= 15 is 0 Å². The van der Waals surface area contributed by atoms with E-state index in [2.05, 4.69) is 18.7 Å². The maximum absolute atomic E-state index is 11.2. The third-order valence-electron chi connectivity index (χ3n) is 2.38. The molecule has 1 amide bonds. The van der Waals surface area contributed by atoms with E-state index in [0.29, 0.717) is 0 Å². The van der Waals surface area contributed by atoms with Gasteiger partial charge in [0, 0.05) is 0 Å². The molecule has 5 heteroatoms. The predicted octanol–water partition coefficient (Wildman–Crippen LogP) is 1.11. The Morgan fingerprint density at radius 1 is 1.50 bits per heavy atom. The van der Waals surface area contributed by atoms with Gasteiger partial charge in [-0.1, -0.05) is 13.8 Å². The Bertz CT molecular complexity index is 336. The molecule has 0 fully saturated rings. The quantitative estimate of drug-likeness (QED) is 0.432. The van der Waals surface area contributed by atoms with Gasteiger partial charge in [0.15, 0.2) is 5.76 Å². The van der Waals surface area contributed by atoms with Crippen molar-refractivity contribution >= 4 is 5.91 Å². The van der Waals surface area contributed by atoms with E-state index in [4.69, 9.17) is 10.3 Å². The van der Waals surface area contributed by atoms with Crippen molar-refractivity contribution in [3.63, 3.8) is 0 Å². The first-order valence-electron chi connectivity index (χ1n) is 5.53. The fourth-order valence-corrected chi connectivity index (χ4v) is 1.54. The molecule has 0 atom stereocenters. The minimum atomic E-state index is -0.398. The van der Waals surface area contributed by atoms with Gasteiger partial charge in [-0.05, 0) is 31.6 Å². The lowest BCUT2D eigenvalue weighted by atomic mass is 10.3. The van der Waals surface area contributed by atoms with Gasteiger partial charge in [-0.3, -0.25) is 15.1 Å². The van der Waals surface area contributed by atoms with Crippen molar-refractivity contribution in [3.05, 3.63) is 23.7 Å². The number of hydrogen-bond donors (Lipinski definition) is 2. The second-order valence-electron chi connectivity index (χ2n) is 3.61. The maximum atomic E-state index is 11.2. The molecular weight excluding hydrogens is 206 g/mol. The molecule has 0 aromatic carbocycles. The minimum absolute atomic E-state index is 0.255. The van der Waals surface area contributed by atoms with Crippen LogP contribution in [0.1, 0.15) is 36.6 Å². The Morgan fingerprint density at radius 2 is 2.25 bits per heavy atom. The summed E-state index contributed by atoms with van der Waals surface area (Å²) >= 11 is 0. The van der Waals surface area contributed by atoms with Crippen LogP contribution in [0, 0.1) is 0 Å². The average Bonchev–Trinajstić information content (AvgIpc) is 2.76. The SMILES string of the molecule is CCCN(CC)Cc1ccc(C(=O)NN)o1. The second-order valence-corrected chi connectivity index (χ2v) is 3.61. The lowest BCUT2D eigenvalue weighted by Crippen LogP contribution is -2.29. The number of furan rings is 1. The highest BCUT2D eigenvalue weighted by atomic mass is 16.4. The molecule has 0 spiro atoms. The molecular formula is C11H19N3O2. The first-order chi connectivity index (χ1) is 7.71. The Hall–Kier alpha value is -1.33. The van der Waals surface area contributed by atoms with Crippen LogP contribution in [0.15, 0.2) is 16.5 Å². The molecule has 0 aliphatic carbocycles. The molecule has 0 aliphatic heterocycles. The van der Waals surface area contributed by atoms with E-state index in [1.165, 1.54) is 0 Å². The normalized spacial score (nSPS) is 10.8. The summed E-state index contributed by atoms with van der Waals surface area (Å²) in [5, 5.41) is 0. The molecule has 0 unspecified atom stereocenters. The van der Waals surface area contributed by atoms with Crippen LogP contribution in [-0.2, 0) is 6.54 Å². The molecule has 0 aliphatic rings. The molecule has 1 aromatic rings. The van der Waals surface area contributed by atoms with E-state index in [9.17, 15) is 4.79 Å². The molecule has 0 bridgehead atoms. The van der Waals surface area contributed by atoms with Gasteiger partial charge in [0.05, 0.1) is 6.54 Å². The van der Waals surface area contributed by atoms with Crippen LogP contribution in [0.5, 0.6) is 0 Å². The summed E-state index contributed by atoms with van der Waals surface area (Å²) in [7, 11) is 0. The number of nitrogens with one attached hydrogen (secondary N) is 1. The third-order valence-corrected chi connectivity index (χ3v) is 2.38. The summed E-state index contributed by atoms with van der Waals surface area (Å²) in [5.41, 5.74) is 2.04. The molecule has 1 heterocycles. The van der Waals surface area contributed by atoms with Crippen molar-refractivity contribution < 1.29 is 9.21 Å². The van der Waals surface area contributed by atoms with Gasteiger partial charge in [0.25, 0.3) is 0 Å². The topological polar surface area (TPSA) is 71.5 Å². The van der Waals surface area contributed by atoms with Crippen LogP contribution >= 0.6 is 0 Å². The number of rotatable bonds is 6. The van der Waals surface area contributed by atoms with Crippen molar-refractivity contribution in [2.24, 2.45) is 5.84 Å². The fourth-order valence-electron chi connectivity index (χ4n) is 1.54. The van der Waals surface area contributed by atoms with Gasteiger partial charge in [-0.2, -0.15) is 0 Å². The molecule has 3 N–H and O–H groups in total. The number of carbonyl (C=O) groups excluding carboxylic acids is 1. The van der Waals surface area contributed by atoms with Crippen LogP contribution in [0.25, 0.3) is 0 Å². The predicted molar refractivity (Wildman–Crippen MR) is 61.6 cm³/mol. The smallest absolute Gasteiger partial charge is 0.300 e. The zero-order valence-electron chi connectivity index (χ0n) is 9.82. The van der Waals surface area contributed by atoms with Gasteiger partial charge in [0.2, 0.25) is 0 Å². The van der Waals surface area contributed by atoms with E-state index in [0.717, 1.165) is 31.8 Å². The van der Waals surface area contributed by atoms with Crippen LogP contribution in [0.4, 0.5) is 0 Å². The highest BCUT2D eigenvalue weighted by Crippen LogP contribution is 2.10. The van der Waals surface area contributed by atoms with Crippen LogP contribution in [-0.4, -0.2) is 23.9 Å². The molecule has 1 aromatic heterocycles. The van der Waals surface area contributed by atoms with Crippen LogP contribution in [0.3, 0.4) is 0 Å². The number of amides is 1. The lowest BCUT2D eigenvalue weighted by Gasteiger charge is -2.17. The summed E-state index contributed by atoms with van der Waals surface area (Å²) in [4.78, 5) is 13.4. The standard InChI is InChI=1S/C11H19N3O2/c1-3-7-14(4-2)8-9-5-6-10(16-9)11(15)13-12/h5-6H,3-4,7-8,12H2,1-2H3,(H,13,15). The average molecular weight is 225 g/mol. The molecule has 0 radical (unpaired) electrons. The lowest BCUT2D eigenvalue weighted by molar-refractivity contribution is 0.0922. The highest BCUT2D eigenvalue weighted by molar-refractivity contribution is 5.90. The zero-order chi connectivity index (χ0) is 12.0. The maximum Gasteiger partial charge on any atom is 0.300 e. The first-order valence-corrected chi connectivity index (χ1v) is 5.53. The first kappa shape index (κ1) is 12.7.